The molecule has 0 spiro atoms. The molecule has 0 saturated carbocycles. The maximum atomic E-state index is 13.9. The number of methoxy groups -OCH3 is 3. The van der Waals surface area contributed by atoms with Gasteiger partial charge in [-0.25, -0.2) is 9.67 Å². The topological polar surface area (TPSA) is 166 Å². The van der Waals surface area contributed by atoms with Crippen LogP contribution in [0.15, 0.2) is 42.5 Å². The van der Waals surface area contributed by atoms with Gasteiger partial charge < -0.3 is 35.1 Å². The molecule has 2 aromatic carbocycles. The number of aryl methyl sites for hydroxylation is 1. The Balaban J connectivity index is 1.64. The number of carbonyl (C=O) groups is 4. The normalized spacial score (nSPS) is 18.3. The average Bonchev–Trinajstić information content (AvgIpc) is 3.45. The fourth-order valence-electron chi connectivity index (χ4n) is 5.80. The van der Waals surface area contributed by atoms with Crippen molar-refractivity contribution in [2.75, 3.05) is 41.0 Å². The molecule has 1 aliphatic heterocycles. The van der Waals surface area contributed by atoms with E-state index in [-0.39, 0.29) is 72.5 Å². The predicted octanol–water partition coefficient (Wildman–Crippen LogP) is 2.60. The van der Waals surface area contributed by atoms with Crippen LogP contribution < -0.4 is 30.2 Å². The number of benzene rings is 2. The highest BCUT2D eigenvalue weighted by Crippen LogP contribution is 2.40. The first-order valence-corrected chi connectivity index (χ1v) is 16.5. The molecule has 1 aromatic heterocycles. The van der Waals surface area contributed by atoms with Crippen LogP contribution in [0.4, 0.5) is 0 Å². The molecule has 0 radical (unpaired) electrons. The van der Waals surface area contributed by atoms with Crippen LogP contribution in [0.3, 0.4) is 0 Å². The number of fused-ring (bicyclic) bond motifs is 1. The summed E-state index contributed by atoms with van der Waals surface area (Å²) in [5.41, 5.74) is 1.15. The first-order valence-electron chi connectivity index (χ1n) is 16.5. The van der Waals surface area contributed by atoms with Gasteiger partial charge in [0.05, 0.1) is 32.9 Å². The lowest BCUT2D eigenvalue weighted by Gasteiger charge is -2.27. The molecule has 264 valence electrons. The summed E-state index contributed by atoms with van der Waals surface area (Å²) in [4.78, 5) is 60.4. The molecule has 1 aliphatic rings. The number of hydrogen-bond acceptors (Lipinski definition) is 9. The summed E-state index contributed by atoms with van der Waals surface area (Å²) in [6.07, 6.45) is 1.12. The van der Waals surface area contributed by atoms with Crippen molar-refractivity contribution in [3.05, 3.63) is 65.2 Å². The number of amides is 4. The molecule has 14 nitrogen and oxygen atoms in total. The monoisotopic (exact) mass is 677 g/mol. The molecular formula is C35H47N7O7. The number of hydrogen-bond donors (Lipinski definition) is 3. The van der Waals surface area contributed by atoms with Gasteiger partial charge in [-0.1, -0.05) is 44.2 Å². The van der Waals surface area contributed by atoms with E-state index in [1.807, 2.05) is 44.2 Å². The Labute approximate surface area is 286 Å². The highest BCUT2D eigenvalue weighted by Gasteiger charge is 2.30. The van der Waals surface area contributed by atoms with E-state index in [0.29, 0.717) is 43.3 Å². The van der Waals surface area contributed by atoms with Gasteiger partial charge in [-0.05, 0) is 43.4 Å². The zero-order valence-corrected chi connectivity index (χ0v) is 29.1. The van der Waals surface area contributed by atoms with Crippen molar-refractivity contribution in [1.82, 2.24) is 35.6 Å². The summed E-state index contributed by atoms with van der Waals surface area (Å²) in [6.45, 7) is 6.34. The third kappa shape index (κ3) is 9.48. The van der Waals surface area contributed by atoms with Gasteiger partial charge >= 0.3 is 0 Å². The Hall–Kier alpha value is -5.14. The van der Waals surface area contributed by atoms with E-state index in [0.717, 1.165) is 5.56 Å². The lowest BCUT2D eigenvalue weighted by atomic mass is 10.0. The number of carbonyl (C=O) groups excluding carboxylic acids is 4. The van der Waals surface area contributed by atoms with Gasteiger partial charge in [0.15, 0.2) is 17.3 Å². The van der Waals surface area contributed by atoms with E-state index >= 15 is 0 Å². The first kappa shape index (κ1) is 36.7. The van der Waals surface area contributed by atoms with E-state index < -0.39 is 12.1 Å². The largest absolute Gasteiger partial charge is 0.493 e. The van der Waals surface area contributed by atoms with E-state index in [4.69, 9.17) is 14.2 Å². The summed E-state index contributed by atoms with van der Waals surface area (Å²) in [6, 6.07) is 11.2. The minimum Gasteiger partial charge on any atom is -0.493 e. The number of ether oxygens (including phenoxy) is 3. The summed E-state index contributed by atoms with van der Waals surface area (Å²) in [5.74, 6) is 0.421. The van der Waals surface area contributed by atoms with Crippen molar-refractivity contribution in [2.24, 2.45) is 5.92 Å². The van der Waals surface area contributed by atoms with Gasteiger partial charge in [0.2, 0.25) is 23.5 Å². The quantitative estimate of drug-likeness (QED) is 0.341. The van der Waals surface area contributed by atoms with Gasteiger partial charge in [-0.2, -0.15) is 5.10 Å². The van der Waals surface area contributed by atoms with Crippen molar-refractivity contribution in [2.45, 2.75) is 65.1 Å². The van der Waals surface area contributed by atoms with Gasteiger partial charge in [-0.3, -0.25) is 19.2 Å². The van der Waals surface area contributed by atoms with Crippen molar-refractivity contribution < 1.29 is 33.4 Å². The van der Waals surface area contributed by atoms with Crippen molar-refractivity contribution in [3.63, 3.8) is 0 Å². The fourth-order valence-corrected chi connectivity index (χ4v) is 5.80. The summed E-state index contributed by atoms with van der Waals surface area (Å²) >= 11 is 0. The smallest absolute Gasteiger partial charge is 0.257 e. The zero-order chi connectivity index (χ0) is 35.5. The standard InChI is InChI=1S/C35H47N7O7/c1-22(2)30-33-37-23(3)40-42(33)21-29(44)36-17-11-19-41(35(46)25-15-16-27(47-4)32(49-6)31(25)48-5)18-10-14-28(43)38-26(34(45)39-30)20-24-12-8-7-9-13-24/h7-9,12-13,15-16,22,26,30H,10-11,14,17-21H2,1-6H3,(H,36,44)(H,38,43)(H,39,45)/t26-,30+/m1/s1. The SMILES string of the molecule is COc1ccc(C(=O)N2CCCNC(=O)Cn3nc(C)nc3[C@H](C(C)C)NC(=O)[C@@H](Cc3ccccc3)NC(=O)CCC2)c(OC)c1OC. The molecule has 4 amide bonds. The van der Waals surface area contributed by atoms with Crippen molar-refractivity contribution in [3.8, 4) is 17.2 Å². The van der Waals surface area contributed by atoms with Crippen LogP contribution in [0.5, 0.6) is 17.2 Å². The number of aromatic nitrogens is 3. The molecule has 0 aliphatic carbocycles. The van der Waals surface area contributed by atoms with Crippen molar-refractivity contribution >= 4 is 23.6 Å². The van der Waals surface area contributed by atoms with Crippen LogP contribution in [0.2, 0.25) is 0 Å². The van der Waals surface area contributed by atoms with Crippen LogP contribution in [0, 0.1) is 12.8 Å². The van der Waals surface area contributed by atoms with Crippen LogP contribution in [-0.2, 0) is 27.3 Å². The highest BCUT2D eigenvalue weighted by atomic mass is 16.5. The van der Waals surface area contributed by atoms with Crippen LogP contribution in [0.1, 0.15) is 66.7 Å². The molecule has 0 fully saturated rings. The number of nitrogens with one attached hydrogen (secondary N) is 3. The zero-order valence-electron chi connectivity index (χ0n) is 29.1. The Kier molecular flexibility index (Phi) is 13.0. The number of rotatable bonds is 7. The molecule has 0 bridgehead atoms. The highest BCUT2D eigenvalue weighted by molar-refractivity contribution is 5.98. The molecule has 0 saturated heterocycles. The second-order valence-corrected chi connectivity index (χ2v) is 12.2. The van der Waals surface area contributed by atoms with Crippen LogP contribution >= 0.6 is 0 Å². The Morgan fingerprint density at radius 3 is 2.31 bits per heavy atom. The Morgan fingerprint density at radius 1 is 0.918 bits per heavy atom. The molecule has 3 N–H and O–H groups in total. The molecule has 2 heterocycles. The molecule has 49 heavy (non-hydrogen) atoms. The molecular weight excluding hydrogens is 630 g/mol. The lowest BCUT2D eigenvalue weighted by Crippen LogP contribution is -2.50. The summed E-state index contributed by atoms with van der Waals surface area (Å²) in [7, 11) is 4.40. The second-order valence-electron chi connectivity index (χ2n) is 12.2. The van der Waals surface area contributed by atoms with E-state index in [1.165, 1.54) is 26.0 Å². The number of nitrogens with zero attached hydrogens (tertiary/aromatic N) is 4. The van der Waals surface area contributed by atoms with Gasteiger partial charge in [0.1, 0.15) is 18.4 Å². The van der Waals surface area contributed by atoms with Gasteiger partial charge in [-0.15, -0.1) is 0 Å². The first-order chi connectivity index (χ1) is 23.6. The van der Waals surface area contributed by atoms with Gasteiger partial charge in [0.25, 0.3) is 5.91 Å². The average molecular weight is 678 g/mol. The second kappa shape index (κ2) is 17.3. The van der Waals surface area contributed by atoms with E-state index in [2.05, 4.69) is 26.0 Å². The van der Waals surface area contributed by atoms with Crippen LogP contribution in [0.25, 0.3) is 0 Å². The van der Waals surface area contributed by atoms with E-state index in [9.17, 15) is 19.2 Å². The summed E-state index contributed by atoms with van der Waals surface area (Å²) < 4.78 is 17.9. The van der Waals surface area contributed by atoms with Crippen LogP contribution in [-0.4, -0.2) is 90.3 Å². The molecule has 4 rings (SSSR count). The molecule has 3 aromatic rings. The molecule has 0 unspecified atom stereocenters. The maximum absolute atomic E-state index is 13.9. The third-order valence-electron chi connectivity index (χ3n) is 8.26. The predicted molar refractivity (Wildman–Crippen MR) is 181 cm³/mol. The summed E-state index contributed by atoms with van der Waals surface area (Å²) in [5, 5.41) is 13.3. The Bertz CT molecular complexity index is 1610. The minimum absolute atomic E-state index is 0.0727. The lowest BCUT2D eigenvalue weighted by molar-refractivity contribution is -0.129. The fraction of sp³-hybridized carbons (Fsp3) is 0.486. The Morgan fingerprint density at radius 2 is 1.63 bits per heavy atom. The maximum Gasteiger partial charge on any atom is 0.257 e. The minimum atomic E-state index is -0.885. The van der Waals surface area contributed by atoms with Crippen molar-refractivity contribution in [1.29, 1.82) is 0 Å². The molecule has 14 heteroatoms. The third-order valence-corrected chi connectivity index (χ3v) is 8.26. The van der Waals surface area contributed by atoms with Gasteiger partial charge in [0, 0.05) is 32.5 Å². The van der Waals surface area contributed by atoms with E-state index in [1.54, 1.807) is 24.0 Å². The molecule has 2 atom stereocenters.